The van der Waals surface area contributed by atoms with Gasteiger partial charge in [0, 0.05) is 44.9 Å². The Morgan fingerprint density at radius 2 is 2.04 bits per heavy atom. The van der Waals surface area contributed by atoms with Crippen molar-refractivity contribution < 1.29 is 24.1 Å². The number of hydroxylamine groups is 2. The highest BCUT2D eigenvalue weighted by atomic mass is 16.7. The quantitative estimate of drug-likeness (QED) is 0.324. The molecule has 0 unspecified atom stereocenters. The number of hydrogen-bond donors (Lipinski definition) is 0. The van der Waals surface area contributed by atoms with Crippen LogP contribution >= 0.6 is 0 Å². The summed E-state index contributed by atoms with van der Waals surface area (Å²) in [6.45, 7) is 3.24. The minimum Gasteiger partial charge on any atom is -0.465 e. The standard InChI is InChI=1S/C14H17N3O6/c1-22-14(19)13-8-12(17(20)21)3-2-11(13)9-15-4-6-16(7-5-15)23-10-18/h2-3,8,10H,4-7,9H2,1H3. The molecule has 1 heterocycles. The van der Waals surface area contributed by atoms with Crippen molar-refractivity contribution in [2.75, 3.05) is 33.3 Å². The minimum atomic E-state index is -0.605. The van der Waals surface area contributed by atoms with E-state index in [-0.39, 0.29) is 11.3 Å². The van der Waals surface area contributed by atoms with Gasteiger partial charge in [0.25, 0.3) is 5.69 Å². The number of nitro benzene ring substituents is 1. The molecule has 1 fully saturated rings. The van der Waals surface area contributed by atoms with Crippen LogP contribution in [0.5, 0.6) is 0 Å². The minimum absolute atomic E-state index is 0.154. The first kappa shape index (κ1) is 16.8. The Labute approximate surface area is 132 Å². The Hall–Kier alpha value is -2.52. The fourth-order valence-corrected chi connectivity index (χ4v) is 2.41. The molecular formula is C14H17N3O6. The van der Waals surface area contributed by atoms with Gasteiger partial charge in [0.1, 0.15) is 0 Å². The molecule has 9 heteroatoms. The average molecular weight is 323 g/mol. The van der Waals surface area contributed by atoms with E-state index in [1.807, 2.05) is 0 Å². The molecule has 0 aromatic heterocycles. The lowest BCUT2D eigenvalue weighted by Gasteiger charge is -2.32. The van der Waals surface area contributed by atoms with Crippen LogP contribution in [0.25, 0.3) is 0 Å². The highest BCUT2D eigenvalue weighted by molar-refractivity contribution is 5.91. The predicted octanol–water partition coefficient (Wildman–Crippen LogP) is 0.587. The number of benzene rings is 1. The fraction of sp³-hybridized carbons (Fsp3) is 0.429. The van der Waals surface area contributed by atoms with Crippen molar-refractivity contribution in [2.45, 2.75) is 6.54 Å². The molecule has 23 heavy (non-hydrogen) atoms. The van der Waals surface area contributed by atoms with E-state index in [9.17, 15) is 19.7 Å². The second-order valence-corrected chi connectivity index (χ2v) is 5.00. The lowest BCUT2D eigenvalue weighted by Crippen LogP contribution is -2.45. The number of methoxy groups -OCH3 is 1. The molecule has 0 aliphatic carbocycles. The van der Waals surface area contributed by atoms with E-state index in [0.717, 1.165) is 0 Å². The summed E-state index contributed by atoms with van der Waals surface area (Å²) in [5.41, 5.74) is 0.693. The Kier molecular flexibility index (Phi) is 5.61. The van der Waals surface area contributed by atoms with Gasteiger partial charge >= 0.3 is 12.4 Å². The highest BCUT2D eigenvalue weighted by Gasteiger charge is 2.22. The van der Waals surface area contributed by atoms with Crippen molar-refractivity contribution in [3.8, 4) is 0 Å². The van der Waals surface area contributed by atoms with Gasteiger partial charge in [-0.3, -0.25) is 19.8 Å². The van der Waals surface area contributed by atoms with E-state index in [1.165, 1.54) is 19.2 Å². The molecule has 1 aromatic carbocycles. The van der Waals surface area contributed by atoms with E-state index in [4.69, 9.17) is 9.57 Å². The number of carbonyl (C=O) groups is 2. The fourth-order valence-electron chi connectivity index (χ4n) is 2.41. The van der Waals surface area contributed by atoms with E-state index < -0.39 is 10.9 Å². The summed E-state index contributed by atoms with van der Waals surface area (Å²) >= 11 is 0. The molecule has 9 nitrogen and oxygen atoms in total. The number of nitro groups is 1. The molecule has 0 bridgehead atoms. The Bertz CT molecular complexity index is 598. The molecule has 0 radical (unpaired) electrons. The van der Waals surface area contributed by atoms with Gasteiger partial charge in [-0.15, -0.1) is 5.06 Å². The van der Waals surface area contributed by atoms with E-state index in [2.05, 4.69) is 4.90 Å². The smallest absolute Gasteiger partial charge is 0.338 e. The van der Waals surface area contributed by atoms with Crippen molar-refractivity contribution in [3.63, 3.8) is 0 Å². The molecule has 0 amide bonds. The summed E-state index contributed by atoms with van der Waals surface area (Å²) in [6.07, 6.45) is 0. The number of carbonyl (C=O) groups excluding carboxylic acids is 2. The number of non-ortho nitro benzene ring substituents is 1. The van der Waals surface area contributed by atoms with Crippen molar-refractivity contribution in [2.24, 2.45) is 0 Å². The molecule has 1 saturated heterocycles. The number of hydrogen-bond acceptors (Lipinski definition) is 8. The lowest BCUT2D eigenvalue weighted by atomic mass is 10.1. The predicted molar refractivity (Wildman–Crippen MR) is 78.4 cm³/mol. The van der Waals surface area contributed by atoms with Crippen LogP contribution in [0.3, 0.4) is 0 Å². The number of esters is 1. The van der Waals surface area contributed by atoms with Crippen LogP contribution in [0.2, 0.25) is 0 Å². The number of rotatable bonds is 6. The normalized spacial score (nSPS) is 15.9. The van der Waals surface area contributed by atoms with E-state index in [0.29, 0.717) is 44.8 Å². The van der Waals surface area contributed by atoms with Crippen molar-refractivity contribution >= 4 is 18.1 Å². The van der Waals surface area contributed by atoms with Crippen molar-refractivity contribution in [1.29, 1.82) is 0 Å². The molecule has 0 spiro atoms. The van der Waals surface area contributed by atoms with Crippen molar-refractivity contribution in [3.05, 3.63) is 39.4 Å². The SMILES string of the molecule is COC(=O)c1cc([N+](=O)[O-])ccc1CN1CCN(OC=O)CC1. The zero-order valence-corrected chi connectivity index (χ0v) is 12.6. The van der Waals surface area contributed by atoms with Gasteiger partial charge < -0.3 is 9.57 Å². The second kappa shape index (κ2) is 7.65. The van der Waals surface area contributed by atoms with Crippen LogP contribution in [-0.2, 0) is 20.9 Å². The Balaban J connectivity index is 2.11. The maximum atomic E-state index is 11.9. The van der Waals surface area contributed by atoms with Crippen molar-refractivity contribution in [1.82, 2.24) is 9.96 Å². The molecule has 124 valence electrons. The molecule has 0 N–H and O–H groups in total. The maximum absolute atomic E-state index is 11.9. The third-order valence-electron chi connectivity index (χ3n) is 3.63. The van der Waals surface area contributed by atoms with Gasteiger partial charge in [-0.2, -0.15) is 0 Å². The molecule has 1 aliphatic rings. The zero-order valence-electron chi connectivity index (χ0n) is 12.6. The summed E-state index contributed by atoms with van der Waals surface area (Å²) in [5, 5.41) is 12.4. The Morgan fingerprint density at radius 3 is 2.61 bits per heavy atom. The van der Waals surface area contributed by atoms with Gasteiger partial charge in [0.05, 0.1) is 17.6 Å². The van der Waals surface area contributed by atoms with Gasteiger partial charge in [-0.1, -0.05) is 6.07 Å². The third kappa shape index (κ3) is 4.24. The van der Waals surface area contributed by atoms with E-state index in [1.54, 1.807) is 11.1 Å². The van der Waals surface area contributed by atoms with Gasteiger partial charge in [-0.25, -0.2) is 4.79 Å². The van der Waals surface area contributed by atoms with Gasteiger partial charge in [-0.05, 0) is 5.56 Å². The van der Waals surface area contributed by atoms with E-state index >= 15 is 0 Å². The number of piperazine rings is 1. The molecule has 1 aromatic rings. The number of ether oxygens (including phenoxy) is 1. The first-order valence-electron chi connectivity index (χ1n) is 6.98. The van der Waals surface area contributed by atoms with Gasteiger partial charge in [0.15, 0.2) is 0 Å². The third-order valence-corrected chi connectivity index (χ3v) is 3.63. The first-order chi connectivity index (χ1) is 11.0. The summed E-state index contributed by atoms with van der Waals surface area (Å²) < 4.78 is 4.70. The first-order valence-corrected chi connectivity index (χ1v) is 6.98. The highest BCUT2D eigenvalue weighted by Crippen LogP contribution is 2.21. The van der Waals surface area contributed by atoms with Gasteiger partial charge in [0.2, 0.25) is 0 Å². The molecule has 0 saturated carbocycles. The maximum Gasteiger partial charge on any atom is 0.338 e. The van der Waals surface area contributed by atoms with Crippen LogP contribution < -0.4 is 0 Å². The van der Waals surface area contributed by atoms with Crippen LogP contribution in [0.15, 0.2) is 18.2 Å². The second-order valence-electron chi connectivity index (χ2n) is 5.00. The summed E-state index contributed by atoms with van der Waals surface area (Å²) in [5.74, 6) is -0.605. The largest absolute Gasteiger partial charge is 0.465 e. The topological polar surface area (TPSA) is 102 Å². The molecule has 0 atom stereocenters. The van der Waals surface area contributed by atoms with Crippen LogP contribution in [0, 0.1) is 10.1 Å². The van der Waals surface area contributed by atoms with Crippen LogP contribution in [0.1, 0.15) is 15.9 Å². The molecule has 2 rings (SSSR count). The molecular weight excluding hydrogens is 306 g/mol. The number of nitrogens with zero attached hydrogens (tertiary/aromatic N) is 3. The summed E-state index contributed by atoms with van der Waals surface area (Å²) in [6, 6.07) is 4.17. The Morgan fingerprint density at radius 1 is 1.35 bits per heavy atom. The zero-order chi connectivity index (χ0) is 16.8. The molecule has 1 aliphatic heterocycles. The monoisotopic (exact) mass is 323 g/mol. The van der Waals surface area contributed by atoms with Crippen LogP contribution in [0.4, 0.5) is 5.69 Å². The lowest BCUT2D eigenvalue weighted by molar-refractivity contribution is -0.384. The summed E-state index contributed by atoms with van der Waals surface area (Å²) in [4.78, 5) is 39.3. The van der Waals surface area contributed by atoms with Crippen LogP contribution in [-0.4, -0.2) is 60.6 Å². The average Bonchev–Trinajstić information content (AvgIpc) is 2.56. The summed E-state index contributed by atoms with van der Waals surface area (Å²) in [7, 11) is 1.24.